The summed E-state index contributed by atoms with van der Waals surface area (Å²) in [4.78, 5) is 38.0. The van der Waals surface area contributed by atoms with E-state index in [2.05, 4.69) is 0 Å². The molecule has 0 atom stereocenters. The summed E-state index contributed by atoms with van der Waals surface area (Å²) in [5.41, 5.74) is -1.31. The van der Waals surface area contributed by atoms with Crippen LogP contribution in [0.5, 0.6) is 0 Å². The van der Waals surface area contributed by atoms with Gasteiger partial charge in [0.05, 0.1) is 16.5 Å². The molecule has 0 aromatic carbocycles. The van der Waals surface area contributed by atoms with E-state index in [4.69, 9.17) is 4.74 Å². The van der Waals surface area contributed by atoms with E-state index in [0.717, 1.165) is 17.1 Å². The molecule has 0 spiro atoms. The monoisotopic (exact) mass is 644 g/mol. The fourth-order valence-electron chi connectivity index (χ4n) is 3.07. The number of thiophene rings is 1. The molecule has 1 rings (SSSR count). The molecule has 1 aromatic rings. The van der Waals surface area contributed by atoms with E-state index < -0.39 is 75.1 Å². The molecule has 0 aliphatic rings. The summed E-state index contributed by atoms with van der Waals surface area (Å²) < 4.78 is 179. The number of alkyl halides is 13. The number of hydrogen-bond donors (Lipinski definition) is 1. The summed E-state index contributed by atoms with van der Waals surface area (Å²) in [5, 5.41) is -0.324. The van der Waals surface area contributed by atoms with E-state index in [0.29, 0.717) is 0 Å². The summed E-state index contributed by atoms with van der Waals surface area (Å²) in [6, 6.07) is 0. The topological polar surface area (TPSA) is 75.7 Å². The average molecular weight is 644 g/mol. The second kappa shape index (κ2) is 11.5. The van der Waals surface area contributed by atoms with Crippen LogP contribution < -0.4 is 5.32 Å². The Morgan fingerprint density at radius 1 is 0.805 bits per heavy atom. The fraction of sp³-hybridized carbons (Fsp3) is 0.667. The third kappa shape index (κ3) is 5.93. The largest absolute Gasteiger partial charge is 0.460 e. The van der Waals surface area contributed by atoms with E-state index in [-0.39, 0.29) is 30.0 Å². The quantitative estimate of drug-likeness (QED) is 0.213. The lowest BCUT2D eigenvalue weighted by atomic mass is 9.93. The predicted octanol–water partition coefficient (Wildman–Crippen LogP) is 6.78. The van der Waals surface area contributed by atoms with Crippen molar-refractivity contribution >= 4 is 34.1 Å². The maximum atomic E-state index is 14.3. The highest BCUT2D eigenvalue weighted by atomic mass is 32.1. The van der Waals surface area contributed by atoms with Crippen LogP contribution in [0.25, 0.3) is 0 Å². The third-order valence-electron chi connectivity index (χ3n) is 5.38. The summed E-state index contributed by atoms with van der Waals surface area (Å²) in [5.74, 6) is -45.3. The lowest BCUT2D eigenvalue weighted by Crippen LogP contribution is -2.71. The first kappa shape index (κ1) is 36.2. The van der Waals surface area contributed by atoms with Crippen molar-refractivity contribution in [2.45, 2.75) is 76.5 Å². The highest BCUT2D eigenvalue weighted by Crippen LogP contribution is 2.60. The maximum absolute atomic E-state index is 14.3. The zero-order valence-corrected chi connectivity index (χ0v) is 22.2. The zero-order valence-electron chi connectivity index (χ0n) is 21.4. The molecule has 41 heavy (non-hydrogen) atoms. The minimum Gasteiger partial charge on any atom is -0.459 e. The van der Waals surface area contributed by atoms with E-state index in [1.165, 1.54) is 27.7 Å². The van der Waals surface area contributed by atoms with E-state index >= 15 is 0 Å². The van der Waals surface area contributed by atoms with E-state index in [9.17, 15) is 71.5 Å². The normalized spacial score (nSPS) is 13.8. The molecular weight excluding hydrogens is 623 g/mol. The van der Waals surface area contributed by atoms with Gasteiger partial charge in [-0.1, -0.05) is 0 Å². The van der Waals surface area contributed by atoms with Crippen molar-refractivity contribution in [1.82, 2.24) is 4.90 Å². The van der Waals surface area contributed by atoms with Crippen molar-refractivity contribution in [1.29, 1.82) is 0 Å². The van der Waals surface area contributed by atoms with Crippen molar-refractivity contribution in [2.24, 2.45) is 0 Å². The highest BCUT2D eigenvalue weighted by Gasteiger charge is 2.91. The standard InChI is InChI=1S/C21H21F13N2O4S/c1-6-36(7-2)13(37)11-9(5)10(14(38)40-8(3)4)12(41-11)35-15(39)16(22,23)17(24,25)18(26,27)19(28,29)20(30,31)21(32,33)34/h8H,6-7H2,1-5H3,(H,35,39). The zero-order chi connectivity index (χ0) is 32.7. The molecule has 1 aromatic heterocycles. The Bertz CT molecular complexity index is 1160. The van der Waals surface area contributed by atoms with Gasteiger partial charge in [0.1, 0.15) is 5.00 Å². The van der Waals surface area contributed by atoms with Crippen LogP contribution in [0, 0.1) is 6.92 Å². The number of ether oxygens (including phenoxy) is 1. The summed E-state index contributed by atoms with van der Waals surface area (Å²) in [6.45, 7) is 6.61. The van der Waals surface area contributed by atoms with Crippen LogP contribution in [0.1, 0.15) is 53.3 Å². The van der Waals surface area contributed by atoms with Gasteiger partial charge in [-0.15, -0.1) is 11.3 Å². The molecule has 0 aliphatic heterocycles. The van der Waals surface area contributed by atoms with Crippen LogP contribution in [0.3, 0.4) is 0 Å². The number of anilines is 1. The Balaban J connectivity index is 3.71. The molecule has 6 nitrogen and oxygen atoms in total. The predicted molar refractivity (Wildman–Crippen MR) is 116 cm³/mol. The number of hydrogen-bond acceptors (Lipinski definition) is 5. The lowest BCUT2D eigenvalue weighted by molar-refractivity contribution is -0.435. The Hall–Kier alpha value is -2.80. The van der Waals surface area contributed by atoms with Gasteiger partial charge in [0.15, 0.2) is 0 Å². The van der Waals surface area contributed by atoms with Crippen molar-refractivity contribution in [3.63, 3.8) is 0 Å². The number of carbonyl (C=O) groups excluding carboxylic acids is 3. The fourth-order valence-corrected chi connectivity index (χ4v) is 4.23. The van der Waals surface area contributed by atoms with Gasteiger partial charge in [0, 0.05) is 13.1 Å². The SMILES string of the molecule is CCN(CC)C(=O)c1sc(NC(=O)C(F)(F)C(F)(F)C(F)(F)C(F)(F)C(F)(F)C(F)(F)F)c(C(=O)OC(C)C)c1C. The van der Waals surface area contributed by atoms with Crippen molar-refractivity contribution in [2.75, 3.05) is 18.4 Å². The van der Waals surface area contributed by atoms with E-state index in [1.807, 2.05) is 0 Å². The molecule has 20 heteroatoms. The van der Waals surface area contributed by atoms with Crippen LogP contribution >= 0.6 is 11.3 Å². The maximum Gasteiger partial charge on any atom is 0.460 e. The lowest BCUT2D eigenvalue weighted by Gasteiger charge is -2.39. The first-order chi connectivity index (χ1) is 18.2. The van der Waals surface area contributed by atoms with Gasteiger partial charge in [0.25, 0.3) is 5.91 Å². The molecule has 1 N–H and O–H groups in total. The van der Waals surface area contributed by atoms with Crippen molar-refractivity contribution in [3.05, 3.63) is 16.0 Å². The first-order valence-corrected chi connectivity index (χ1v) is 11.9. The third-order valence-corrected chi connectivity index (χ3v) is 6.58. The summed E-state index contributed by atoms with van der Waals surface area (Å²) in [6.07, 6.45) is -8.56. The number of nitrogens with zero attached hydrogens (tertiary/aromatic N) is 1. The van der Waals surface area contributed by atoms with Crippen molar-refractivity contribution < 1.29 is 76.2 Å². The van der Waals surface area contributed by atoms with Gasteiger partial charge in [-0.25, -0.2) is 4.79 Å². The molecule has 0 radical (unpaired) electrons. The molecule has 0 aliphatic carbocycles. The average Bonchev–Trinajstić information content (AvgIpc) is 3.13. The van der Waals surface area contributed by atoms with Gasteiger partial charge >= 0.3 is 47.7 Å². The molecule has 0 bridgehead atoms. The Morgan fingerprint density at radius 2 is 1.24 bits per heavy atom. The van der Waals surface area contributed by atoms with Gasteiger partial charge in [-0.3, -0.25) is 9.59 Å². The van der Waals surface area contributed by atoms with Crippen LogP contribution in [0.4, 0.5) is 62.1 Å². The van der Waals surface area contributed by atoms with Crippen molar-refractivity contribution in [3.8, 4) is 0 Å². The number of carbonyl (C=O) groups is 3. The molecule has 1 heterocycles. The minimum atomic E-state index is -8.19. The minimum absolute atomic E-state index is 0.0222. The van der Waals surface area contributed by atoms with Gasteiger partial charge in [-0.05, 0) is 40.2 Å². The molecular formula is C21H21F13N2O4S. The number of halogens is 13. The number of rotatable bonds is 11. The van der Waals surface area contributed by atoms with Crippen LogP contribution in [0.2, 0.25) is 0 Å². The number of amides is 2. The number of esters is 1. The Labute approximate surface area is 226 Å². The van der Waals surface area contributed by atoms with Crippen LogP contribution in [-0.4, -0.2) is 77.7 Å². The molecule has 0 fully saturated rings. The van der Waals surface area contributed by atoms with Gasteiger partial charge < -0.3 is 15.0 Å². The molecule has 0 saturated carbocycles. The van der Waals surface area contributed by atoms with Crippen LogP contribution in [0.15, 0.2) is 0 Å². The Morgan fingerprint density at radius 3 is 1.63 bits per heavy atom. The van der Waals surface area contributed by atoms with Gasteiger partial charge in [-0.2, -0.15) is 57.1 Å². The molecule has 2 amide bonds. The van der Waals surface area contributed by atoms with Gasteiger partial charge in [0.2, 0.25) is 0 Å². The Kier molecular flexibility index (Phi) is 10.1. The molecule has 0 unspecified atom stereocenters. The first-order valence-electron chi connectivity index (χ1n) is 11.1. The van der Waals surface area contributed by atoms with Crippen LogP contribution in [-0.2, 0) is 9.53 Å². The highest BCUT2D eigenvalue weighted by molar-refractivity contribution is 7.18. The second-order valence-corrected chi connectivity index (χ2v) is 9.54. The smallest absolute Gasteiger partial charge is 0.459 e. The molecule has 236 valence electrons. The molecule has 0 saturated heterocycles. The number of nitrogens with one attached hydrogen (secondary N) is 1. The summed E-state index contributed by atoms with van der Waals surface area (Å²) >= 11 is -0.0222. The second-order valence-electron chi connectivity index (χ2n) is 8.52. The summed E-state index contributed by atoms with van der Waals surface area (Å²) in [7, 11) is 0. The van der Waals surface area contributed by atoms with E-state index in [1.54, 1.807) is 0 Å².